The Labute approximate surface area is 298 Å². The molecule has 48 heavy (non-hydrogen) atoms. The standard InChI is InChI=1S/C9H10N2O2S.C8H8N2O2S.C7H6N2O2S.C2H6O4S.Li.H2O/c1-3-13-9(12)6-4-7-8(11(6)2)10-5-14-7;1-2-12-8(11)5-3-6-7(10-5)9-4-13-6;1-9-4(7(10)11)2-5-6(9)8-3-12-5;1-5-7(3,4)6-2;;/h4-5H,3H2,1-2H3;3-4,10H,2H2,1H3;2-3H,1H3,(H,10,11);1-2H3;;1H2/q;;;;+1;/p-1. The van der Waals surface area contributed by atoms with Gasteiger partial charge in [-0.2, -0.15) is 8.42 Å². The molecule has 0 radical (unpaired) electrons. The third-order valence-electron chi connectivity index (χ3n) is 5.77. The van der Waals surface area contributed by atoms with Crippen LogP contribution in [-0.2, 0) is 42.3 Å². The van der Waals surface area contributed by atoms with Crippen molar-refractivity contribution >= 4 is 93.4 Å². The Morgan fingerprint density at radius 3 is 1.69 bits per heavy atom. The van der Waals surface area contributed by atoms with E-state index >= 15 is 0 Å². The first kappa shape index (κ1) is 42.4. The molecule has 0 fully saturated rings. The van der Waals surface area contributed by atoms with E-state index < -0.39 is 16.4 Å². The molecule has 6 heterocycles. The summed E-state index contributed by atoms with van der Waals surface area (Å²) < 4.78 is 43.5. The quantitative estimate of drug-likeness (QED) is 0.174. The van der Waals surface area contributed by atoms with Crippen molar-refractivity contribution in [3.05, 3.63) is 51.8 Å². The molecule has 3 N–H and O–H groups in total. The van der Waals surface area contributed by atoms with Gasteiger partial charge in [-0.25, -0.2) is 29.3 Å². The molecular formula is C26H31LiN6O11S4. The van der Waals surface area contributed by atoms with Crippen molar-refractivity contribution in [1.29, 1.82) is 0 Å². The number of carbonyl (C=O) groups is 3. The minimum absolute atomic E-state index is 0. The van der Waals surface area contributed by atoms with Crippen molar-refractivity contribution in [2.75, 3.05) is 27.4 Å². The molecule has 0 aromatic carbocycles. The van der Waals surface area contributed by atoms with Gasteiger partial charge >= 0.3 is 47.2 Å². The Morgan fingerprint density at radius 1 is 0.792 bits per heavy atom. The molecule has 256 valence electrons. The number of carboxylic acid groups (broad SMARTS) is 1. The molecule has 0 amide bonds. The zero-order valence-corrected chi connectivity index (χ0v) is 30.1. The van der Waals surface area contributed by atoms with Crippen molar-refractivity contribution in [1.82, 2.24) is 29.1 Å². The zero-order chi connectivity index (χ0) is 34.0. The molecule has 0 saturated heterocycles. The van der Waals surface area contributed by atoms with E-state index in [1.807, 2.05) is 13.1 Å². The number of nitrogens with one attached hydrogen (secondary N) is 1. The molecular weight excluding hydrogens is 708 g/mol. The van der Waals surface area contributed by atoms with Crippen molar-refractivity contribution in [3.8, 4) is 0 Å². The van der Waals surface area contributed by atoms with E-state index in [1.54, 1.807) is 58.7 Å². The number of aromatic amines is 1. The predicted octanol–water partition coefficient (Wildman–Crippen LogP) is 1.30. The molecule has 6 rings (SSSR count). The fourth-order valence-corrected chi connectivity index (χ4v) is 5.90. The van der Waals surface area contributed by atoms with Gasteiger partial charge in [-0.15, -0.1) is 34.0 Å². The van der Waals surface area contributed by atoms with E-state index in [9.17, 15) is 22.8 Å². The number of aryl methyl sites for hydroxylation is 2. The van der Waals surface area contributed by atoms with Gasteiger partial charge in [-0.05, 0) is 32.0 Å². The number of ether oxygens (including phenoxy) is 2. The number of esters is 2. The first-order chi connectivity index (χ1) is 21.9. The summed E-state index contributed by atoms with van der Waals surface area (Å²) in [6.45, 7) is 4.35. The number of aromatic carboxylic acids is 1. The van der Waals surface area contributed by atoms with E-state index in [0.717, 1.165) is 45.3 Å². The Kier molecular flexibility index (Phi) is 17.1. The number of thiazole rings is 3. The second-order valence-corrected chi connectivity index (χ2v) is 12.6. The third kappa shape index (κ3) is 10.7. The maximum atomic E-state index is 11.5. The van der Waals surface area contributed by atoms with Crippen LogP contribution in [0.15, 0.2) is 34.7 Å². The SMILES string of the molecule is CCOC(=O)c1cc2scnc2[nH]1.CCOC(=O)c1cc2scnc2n1C.COS(=O)(=O)OC.Cn1c(C(=O)O)cc2scnc21.[Li+].[OH-]. The molecule has 0 spiro atoms. The Hall–Kier alpha value is -3.65. The summed E-state index contributed by atoms with van der Waals surface area (Å²) in [7, 11) is 1.91. The first-order valence-corrected chi connectivity index (χ1v) is 17.0. The zero-order valence-electron chi connectivity index (χ0n) is 26.8. The number of hydrogen-bond donors (Lipinski definition) is 2. The number of rotatable bonds is 7. The third-order valence-corrected chi connectivity index (χ3v) is 8.90. The van der Waals surface area contributed by atoms with Gasteiger partial charge in [0.25, 0.3) is 0 Å². The molecule has 0 aliphatic carbocycles. The summed E-state index contributed by atoms with van der Waals surface area (Å²) in [6.07, 6.45) is 0. The molecule has 6 aromatic heterocycles. The Morgan fingerprint density at radius 2 is 1.25 bits per heavy atom. The van der Waals surface area contributed by atoms with Gasteiger partial charge in [-0.3, -0.25) is 8.37 Å². The molecule has 0 saturated carbocycles. The van der Waals surface area contributed by atoms with E-state index in [0.29, 0.717) is 24.6 Å². The van der Waals surface area contributed by atoms with E-state index in [-0.39, 0.29) is 42.0 Å². The van der Waals surface area contributed by atoms with E-state index in [4.69, 9.17) is 14.6 Å². The molecule has 0 aliphatic rings. The molecule has 6 aromatic rings. The molecule has 22 heteroatoms. The van der Waals surface area contributed by atoms with Gasteiger partial charge in [0.2, 0.25) is 0 Å². The van der Waals surface area contributed by atoms with Gasteiger partial charge in [0, 0.05) is 14.1 Å². The first-order valence-electron chi connectivity index (χ1n) is 13.0. The van der Waals surface area contributed by atoms with Crippen LogP contribution in [0.5, 0.6) is 0 Å². The molecule has 0 bridgehead atoms. The Bertz CT molecular complexity index is 2000. The number of fused-ring (bicyclic) bond motifs is 3. The normalized spacial score (nSPS) is 10.4. The van der Waals surface area contributed by atoms with Gasteiger partial charge in [-0.1, -0.05) is 0 Å². The van der Waals surface area contributed by atoms with E-state index in [1.165, 1.54) is 34.0 Å². The topological polar surface area (TPSA) is 237 Å². The maximum absolute atomic E-state index is 11.5. The van der Waals surface area contributed by atoms with Gasteiger partial charge < -0.3 is 34.2 Å². The molecule has 17 nitrogen and oxygen atoms in total. The summed E-state index contributed by atoms with van der Waals surface area (Å²) in [5, 5.41) is 8.74. The largest absolute Gasteiger partial charge is 1.00 e. The van der Waals surface area contributed by atoms with Crippen LogP contribution in [0.4, 0.5) is 0 Å². The summed E-state index contributed by atoms with van der Waals surface area (Å²) in [5.41, 5.74) is 8.82. The number of aromatic nitrogens is 6. The molecule has 0 atom stereocenters. The number of carbonyl (C=O) groups excluding carboxylic acids is 2. The molecule has 0 aliphatic heterocycles. The fourth-order valence-electron chi connectivity index (χ4n) is 3.61. The smallest absolute Gasteiger partial charge is 0.870 e. The minimum atomic E-state index is -3.66. The fraction of sp³-hybridized carbons (Fsp3) is 0.308. The van der Waals surface area contributed by atoms with Crippen LogP contribution >= 0.6 is 34.0 Å². The van der Waals surface area contributed by atoms with Crippen LogP contribution in [0.2, 0.25) is 0 Å². The van der Waals surface area contributed by atoms with Crippen molar-refractivity contribution < 1.29 is 70.1 Å². The monoisotopic (exact) mass is 738 g/mol. The van der Waals surface area contributed by atoms with Crippen LogP contribution in [0, 0.1) is 0 Å². The summed E-state index contributed by atoms with van der Waals surface area (Å²) in [6, 6.07) is 5.20. The number of hydrogen-bond acceptors (Lipinski definition) is 16. The maximum Gasteiger partial charge on any atom is 1.00 e. The van der Waals surface area contributed by atoms with Crippen LogP contribution in [-0.4, -0.2) is 93.4 Å². The summed E-state index contributed by atoms with van der Waals surface area (Å²) in [5.74, 6) is -1.53. The second-order valence-electron chi connectivity index (χ2n) is 8.49. The second kappa shape index (κ2) is 19.4. The van der Waals surface area contributed by atoms with Crippen molar-refractivity contribution in [2.24, 2.45) is 14.1 Å². The number of H-pyrrole nitrogens is 1. The predicted molar refractivity (Wildman–Crippen MR) is 175 cm³/mol. The van der Waals surface area contributed by atoms with Gasteiger partial charge in [0.1, 0.15) is 22.7 Å². The number of nitrogens with zero attached hydrogens (tertiary/aromatic N) is 5. The van der Waals surface area contributed by atoms with Crippen molar-refractivity contribution in [3.63, 3.8) is 0 Å². The number of carboxylic acids is 1. The molecule has 0 unspecified atom stereocenters. The van der Waals surface area contributed by atoms with Crippen molar-refractivity contribution in [2.45, 2.75) is 13.8 Å². The van der Waals surface area contributed by atoms with Crippen LogP contribution in [0.1, 0.15) is 45.3 Å². The van der Waals surface area contributed by atoms with Crippen LogP contribution < -0.4 is 18.9 Å². The minimum Gasteiger partial charge on any atom is -0.870 e. The average Bonchev–Trinajstić information content (AvgIpc) is 3.86. The summed E-state index contributed by atoms with van der Waals surface area (Å²) >= 11 is 4.46. The Balaban J connectivity index is 0.000000324. The van der Waals surface area contributed by atoms with Crippen LogP contribution in [0.25, 0.3) is 31.0 Å². The average molecular weight is 739 g/mol. The summed E-state index contributed by atoms with van der Waals surface area (Å²) in [4.78, 5) is 48.5. The van der Waals surface area contributed by atoms with Gasteiger partial charge in [0.15, 0.2) is 11.3 Å². The van der Waals surface area contributed by atoms with Crippen LogP contribution in [0.3, 0.4) is 0 Å². The van der Waals surface area contributed by atoms with Gasteiger partial charge in [0.05, 0.1) is 58.1 Å². The van der Waals surface area contributed by atoms with E-state index in [2.05, 4.69) is 28.3 Å².